The molecule has 2 saturated heterocycles. The van der Waals surface area contributed by atoms with E-state index < -0.39 is 0 Å². The van der Waals surface area contributed by atoms with E-state index in [9.17, 15) is 4.79 Å². The van der Waals surface area contributed by atoms with Crippen molar-refractivity contribution >= 4 is 5.91 Å². The molecule has 3 unspecified atom stereocenters. The molecule has 2 aliphatic heterocycles. The lowest BCUT2D eigenvalue weighted by Crippen LogP contribution is -2.51. The van der Waals surface area contributed by atoms with Gasteiger partial charge in [-0.25, -0.2) is 10.9 Å². The number of benzene rings is 2. The predicted octanol–water partition coefficient (Wildman–Crippen LogP) is 3.63. The van der Waals surface area contributed by atoms with Crippen LogP contribution < -0.4 is 20.3 Å². The third-order valence-corrected chi connectivity index (χ3v) is 6.53. The maximum Gasteiger partial charge on any atom is 0.241 e. The van der Waals surface area contributed by atoms with Gasteiger partial charge >= 0.3 is 0 Å². The highest BCUT2D eigenvalue weighted by molar-refractivity contribution is 5.82. The Labute approximate surface area is 184 Å². The number of amides is 1. The smallest absolute Gasteiger partial charge is 0.241 e. The van der Waals surface area contributed by atoms with Crippen molar-refractivity contribution in [3.63, 3.8) is 0 Å². The van der Waals surface area contributed by atoms with Gasteiger partial charge in [0.1, 0.15) is 6.04 Å². The summed E-state index contributed by atoms with van der Waals surface area (Å²) in [6, 6.07) is 16.7. The van der Waals surface area contributed by atoms with Crippen LogP contribution in [0, 0.1) is 0 Å². The van der Waals surface area contributed by atoms with Crippen molar-refractivity contribution in [2.24, 2.45) is 0 Å². The molecule has 0 spiro atoms. The number of piperidine rings is 1. The Morgan fingerprint density at radius 2 is 1.84 bits per heavy atom. The van der Waals surface area contributed by atoms with Crippen molar-refractivity contribution < 1.29 is 14.3 Å². The molecule has 2 heterocycles. The molecule has 2 aliphatic rings. The van der Waals surface area contributed by atoms with Gasteiger partial charge in [-0.1, -0.05) is 36.4 Å². The fourth-order valence-corrected chi connectivity index (χ4v) is 4.78. The molecule has 0 aromatic heterocycles. The molecule has 2 fully saturated rings. The maximum absolute atomic E-state index is 13.4. The van der Waals surface area contributed by atoms with Crippen LogP contribution in [0.4, 0.5) is 0 Å². The van der Waals surface area contributed by atoms with Gasteiger partial charge in [0.05, 0.1) is 14.2 Å². The minimum Gasteiger partial charge on any atom is -0.493 e. The van der Waals surface area contributed by atoms with Crippen molar-refractivity contribution in [3.05, 3.63) is 59.7 Å². The standard InChI is InChI=1S/C25H33N3O3/c1-30-23-14-12-18(16-24(23)31-2)11-13-20-10-6-7-15-28(20)25(29)22-17-21(26-27-22)19-8-4-3-5-9-19/h3-5,8-9,12,14,16,20-22,26-27H,6-7,10-11,13,15,17H2,1-2H3. The number of nitrogens with one attached hydrogen (secondary N) is 2. The fourth-order valence-electron chi connectivity index (χ4n) is 4.78. The zero-order valence-electron chi connectivity index (χ0n) is 18.5. The van der Waals surface area contributed by atoms with Crippen LogP contribution in [0.2, 0.25) is 0 Å². The van der Waals surface area contributed by atoms with E-state index in [4.69, 9.17) is 9.47 Å². The molecule has 166 valence electrons. The fraction of sp³-hybridized carbons (Fsp3) is 0.480. The third kappa shape index (κ3) is 5.02. The number of nitrogens with zero attached hydrogens (tertiary/aromatic N) is 1. The number of hydrogen-bond acceptors (Lipinski definition) is 5. The molecule has 31 heavy (non-hydrogen) atoms. The minimum absolute atomic E-state index is 0.171. The molecular formula is C25H33N3O3. The Balaban J connectivity index is 1.38. The second-order valence-electron chi connectivity index (χ2n) is 8.45. The van der Waals surface area contributed by atoms with E-state index in [0.29, 0.717) is 0 Å². The second-order valence-corrected chi connectivity index (χ2v) is 8.45. The first-order valence-electron chi connectivity index (χ1n) is 11.3. The number of hydrazine groups is 1. The summed E-state index contributed by atoms with van der Waals surface area (Å²) in [6.07, 6.45) is 5.99. The number of aryl methyl sites for hydroxylation is 1. The highest BCUT2D eigenvalue weighted by atomic mass is 16.5. The monoisotopic (exact) mass is 423 g/mol. The summed E-state index contributed by atoms with van der Waals surface area (Å²) in [4.78, 5) is 15.5. The summed E-state index contributed by atoms with van der Waals surface area (Å²) in [5, 5.41) is 0. The van der Waals surface area contributed by atoms with E-state index in [2.05, 4.69) is 34.0 Å². The molecule has 0 bridgehead atoms. The summed E-state index contributed by atoms with van der Waals surface area (Å²) < 4.78 is 10.8. The first-order chi connectivity index (χ1) is 15.2. The number of carbonyl (C=O) groups is 1. The van der Waals surface area contributed by atoms with Gasteiger partial charge in [-0.3, -0.25) is 4.79 Å². The number of likely N-dealkylation sites (tertiary alicyclic amines) is 1. The van der Waals surface area contributed by atoms with E-state index in [1.807, 2.05) is 30.3 Å². The topological polar surface area (TPSA) is 62.8 Å². The van der Waals surface area contributed by atoms with E-state index in [-0.39, 0.29) is 24.0 Å². The van der Waals surface area contributed by atoms with E-state index in [1.165, 1.54) is 17.5 Å². The third-order valence-electron chi connectivity index (χ3n) is 6.53. The Morgan fingerprint density at radius 3 is 2.61 bits per heavy atom. The average molecular weight is 424 g/mol. The average Bonchev–Trinajstić information content (AvgIpc) is 3.33. The number of ether oxygens (including phenoxy) is 2. The molecule has 1 amide bonds. The lowest BCUT2D eigenvalue weighted by Gasteiger charge is -2.37. The minimum atomic E-state index is -0.174. The van der Waals surface area contributed by atoms with Crippen molar-refractivity contribution in [1.82, 2.24) is 15.8 Å². The highest BCUT2D eigenvalue weighted by Gasteiger charge is 2.36. The molecule has 6 nitrogen and oxygen atoms in total. The molecule has 3 atom stereocenters. The molecule has 2 N–H and O–H groups in total. The van der Waals surface area contributed by atoms with E-state index in [0.717, 1.165) is 50.1 Å². The van der Waals surface area contributed by atoms with Crippen LogP contribution in [0.1, 0.15) is 49.3 Å². The molecule has 4 rings (SSSR count). The molecule has 6 heteroatoms. The van der Waals surface area contributed by atoms with Gasteiger partial charge in [-0.15, -0.1) is 0 Å². The lowest BCUT2D eigenvalue weighted by atomic mass is 9.94. The second kappa shape index (κ2) is 10.2. The summed E-state index contributed by atoms with van der Waals surface area (Å²) in [6.45, 7) is 0.851. The molecular weight excluding hydrogens is 390 g/mol. The number of methoxy groups -OCH3 is 2. The predicted molar refractivity (Wildman–Crippen MR) is 121 cm³/mol. The van der Waals surface area contributed by atoms with Gasteiger partial charge in [0.25, 0.3) is 0 Å². The lowest BCUT2D eigenvalue weighted by molar-refractivity contribution is -0.137. The van der Waals surface area contributed by atoms with Crippen LogP contribution in [-0.4, -0.2) is 43.7 Å². The molecule has 0 radical (unpaired) electrons. The van der Waals surface area contributed by atoms with Gasteiger partial charge in [0.2, 0.25) is 5.91 Å². The summed E-state index contributed by atoms with van der Waals surface area (Å²) >= 11 is 0. The van der Waals surface area contributed by atoms with Crippen LogP contribution in [-0.2, 0) is 11.2 Å². The van der Waals surface area contributed by atoms with E-state index >= 15 is 0 Å². The van der Waals surface area contributed by atoms with Crippen LogP contribution >= 0.6 is 0 Å². The van der Waals surface area contributed by atoms with Crippen LogP contribution in [0.5, 0.6) is 11.5 Å². The molecule has 0 aliphatic carbocycles. The Bertz CT molecular complexity index is 874. The van der Waals surface area contributed by atoms with Crippen molar-refractivity contribution in [2.75, 3.05) is 20.8 Å². The number of carbonyl (C=O) groups excluding carboxylic acids is 1. The van der Waals surface area contributed by atoms with Crippen LogP contribution in [0.25, 0.3) is 0 Å². The first kappa shape index (κ1) is 21.7. The highest BCUT2D eigenvalue weighted by Crippen LogP contribution is 2.30. The first-order valence-corrected chi connectivity index (χ1v) is 11.3. The number of hydrogen-bond donors (Lipinski definition) is 2. The van der Waals surface area contributed by atoms with Crippen molar-refractivity contribution in [1.29, 1.82) is 0 Å². The van der Waals surface area contributed by atoms with Crippen LogP contribution in [0.3, 0.4) is 0 Å². The maximum atomic E-state index is 13.4. The van der Waals surface area contributed by atoms with Crippen LogP contribution in [0.15, 0.2) is 48.5 Å². The van der Waals surface area contributed by atoms with Gasteiger partial charge in [-0.2, -0.15) is 0 Å². The normalized spacial score (nSPS) is 23.5. The van der Waals surface area contributed by atoms with Gasteiger partial charge in [-0.05, 0) is 61.8 Å². The largest absolute Gasteiger partial charge is 0.493 e. The number of rotatable bonds is 7. The SMILES string of the molecule is COc1ccc(CCC2CCCCN2C(=O)C2CC(c3ccccc3)NN2)cc1OC. The van der Waals surface area contributed by atoms with Gasteiger partial charge < -0.3 is 14.4 Å². The van der Waals surface area contributed by atoms with Gasteiger partial charge in [0.15, 0.2) is 11.5 Å². The molecule has 2 aromatic carbocycles. The van der Waals surface area contributed by atoms with E-state index in [1.54, 1.807) is 14.2 Å². The van der Waals surface area contributed by atoms with Crippen molar-refractivity contribution in [2.45, 2.75) is 56.7 Å². The van der Waals surface area contributed by atoms with Crippen molar-refractivity contribution in [3.8, 4) is 11.5 Å². The molecule has 0 saturated carbocycles. The molecule has 2 aromatic rings. The summed E-state index contributed by atoms with van der Waals surface area (Å²) in [7, 11) is 3.31. The quantitative estimate of drug-likeness (QED) is 0.712. The zero-order valence-corrected chi connectivity index (χ0v) is 18.5. The Hall–Kier alpha value is -2.57. The summed E-state index contributed by atoms with van der Waals surface area (Å²) in [5.41, 5.74) is 8.99. The van der Waals surface area contributed by atoms with Gasteiger partial charge in [0, 0.05) is 18.6 Å². The Morgan fingerprint density at radius 1 is 1.03 bits per heavy atom. The zero-order chi connectivity index (χ0) is 21.6. The Kier molecular flexibility index (Phi) is 7.10. The summed E-state index contributed by atoms with van der Waals surface area (Å²) in [5.74, 6) is 1.72.